The van der Waals surface area contributed by atoms with E-state index in [1.165, 1.54) is 38.2 Å². The number of carboxylic acids is 1. The van der Waals surface area contributed by atoms with Gasteiger partial charge in [0.1, 0.15) is 0 Å². The highest BCUT2D eigenvalue weighted by Crippen LogP contribution is 2.28. The molecule has 0 aromatic carbocycles. The second-order valence-corrected chi connectivity index (χ2v) is 4.96. The number of fused-ring (bicyclic) bond motifs is 3. The molecule has 4 heterocycles. The normalized spacial score (nSPS) is 30.1. The van der Waals surface area contributed by atoms with Crippen molar-refractivity contribution in [2.24, 2.45) is 5.92 Å². The van der Waals surface area contributed by atoms with Gasteiger partial charge in [-0.1, -0.05) is 0 Å². The average Bonchev–Trinajstić information content (AvgIpc) is 2.40. The van der Waals surface area contributed by atoms with Crippen LogP contribution in [0, 0.1) is 5.92 Å². The summed E-state index contributed by atoms with van der Waals surface area (Å²) in [6.45, 7) is 3.36. The predicted molar refractivity (Wildman–Crippen MR) is 65.6 cm³/mol. The van der Waals surface area contributed by atoms with Gasteiger partial charge in [-0.3, -0.25) is 0 Å². The first-order chi connectivity index (χ1) is 8.72. The van der Waals surface area contributed by atoms with Crippen LogP contribution in [-0.2, 0) is 0 Å². The molecule has 0 spiro atoms. The van der Waals surface area contributed by atoms with Gasteiger partial charge in [-0.15, -0.1) is 0 Å². The number of hydrogen-bond donors (Lipinski definition) is 2. The van der Waals surface area contributed by atoms with Crippen LogP contribution in [0.4, 0.5) is 5.95 Å². The molecule has 0 amide bonds. The Labute approximate surface area is 105 Å². The Morgan fingerprint density at radius 2 is 2.22 bits per heavy atom. The van der Waals surface area contributed by atoms with Crippen molar-refractivity contribution >= 4 is 11.9 Å². The van der Waals surface area contributed by atoms with E-state index >= 15 is 0 Å². The second kappa shape index (κ2) is 4.53. The fourth-order valence-corrected chi connectivity index (χ4v) is 2.84. The van der Waals surface area contributed by atoms with Crippen LogP contribution < -0.4 is 5.32 Å². The van der Waals surface area contributed by atoms with Gasteiger partial charge in [-0.05, 0) is 37.9 Å². The number of rotatable bonds is 3. The largest absolute Gasteiger partial charge is 0.477 e. The van der Waals surface area contributed by atoms with Gasteiger partial charge in [0.05, 0.1) is 0 Å². The number of nitrogens with one attached hydrogen (secondary N) is 1. The molecule has 4 rings (SSSR count). The lowest BCUT2D eigenvalue weighted by molar-refractivity contribution is 0.0690. The molecule has 1 unspecified atom stereocenters. The van der Waals surface area contributed by atoms with E-state index < -0.39 is 5.97 Å². The van der Waals surface area contributed by atoms with Gasteiger partial charge >= 0.3 is 5.97 Å². The maximum Gasteiger partial charge on any atom is 0.354 e. The number of nitrogens with zero attached hydrogens (tertiary/aromatic N) is 3. The zero-order valence-electron chi connectivity index (χ0n) is 10.0. The van der Waals surface area contributed by atoms with Gasteiger partial charge in [0.2, 0.25) is 5.95 Å². The lowest BCUT2D eigenvalue weighted by Crippen LogP contribution is -2.53. The highest BCUT2D eigenvalue weighted by atomic mass is 16.4. The summed E-state index contributed by atoms with van der Waals surface area (Å²) in [6, 6.07) is 1.75. The maximum atomic E-state index is 10.8. The Morgan fingerprint density at radius 1 is 1.44 bits per heavy atom. The monoisotopic (exact) mass is 248 g/mol. The zero-order chi connectivity index (χ0) is 12.5. The summed E-state index contributed by atoms with van der Waals surface area (Å²) < 4.78 is 0. The van der Waals surface area contributed by atoms with E-state index in [1.54, 1.807) is 0 Å². The first kappa shape index (κ1) is 11.4. The molecule has 2 bridgehead atoms. The van der Waals surface area contributed by atoms with Gasteiger partial charge < -0.3 is 15.3 Å². The van der Waals surface area contributed by atoms with E-state index in [4.69, 9.17) is 5.11 Å². The summed E-state index contributed by atoms with van der Waals surface area (Å²) in [5, 5.41) is 12.2. The van der Waals surface area contributed by atoms with Crippen LogP contribution in [0.25, 0.3) is 0 Å². The van der Waals surface area contributed by atoms with Crippen LogP contribution in [0.3, 0.4) is 0 Å². The van der Waals surface area contributed by atoms with Crippen LogP contribution in [0.5, 0.6) is 0 Å². The van der Waals surface area contributed by atoms with E-state index in [1.807, 2.05) is 0 Å². The van der Waals surface area contributed by atoms with Gasteiger partial charge in [-0.25, -0.2) is 14.8 Å². The number of aromatic carboxylic acids is 1. The molecule has 1 aromatic heterocycles. The van der Waals surface area contributed by atoms with Gasteiger partial charge in [0.25, 0.3) is 0 Å². The van der Waals surface area contributed by atoms with Crippen molar-refractivity contribution < 1.29 is 9.90 Å². The minimum atomic E-state index is -1.02. The quantitative estimate of drug-likeness (QED) is 0.819. The smallest absolute Gasteiger partial charge is 0.354 e. The van der Waals surface area contributed by atoms with Crippen LogP contribution in [-0.4, -0.2) is 51.6 Å². The highest BCUT2D eigenvalue weighted by molar-refractivity contribution is 5.85. The van der Waals surface area contributed by atoms with Gasteiger partial charge in [0, 0.05) is 18.8 Å². The molecule has 3 fully saturated rings. The number of hydrogen-bond acceptors (Lipinski definition) is 5. The molecule has 1 atom stereocenters. The molecule has 3 aliphatic rings. The van der Waals surface area contributed by atoms with Crippen molar-refractivity contribution in [3.05, 3.63) is 18.0 Å². The number of aromatic nitrogens is 2. The first-order valence-electron chi connectivity index (χ1n) is 6.27. The lowest BCUT2D eigenvalue weighted by Gasteiger charge is -2.44. The van der Waals surface area contributed by atoms with Crippen molar-refractivity contribution in [2.45, 2.75) is 18.9 Å². The minimum Gasteiger partial charge on any atom is -0.477 e. The van der Waals surface area contributed by atoms with Crippen molar-refractivity contribution in [1.29, 1.82) is 0 Å². The molecule has 3 saturated heterocycles. The molecule has 3 aliphatic heterocycles. The molecule has 1 aromatic rings. The predicted octanol–water partition coefficient (Wildman–Crippen LogP) is 0.681. The highest BCUT2D eigenvalue weighted by Gasteiger charge is 2.34. The molecule has 6 heteroatoms. The first-order valence-corrected chi connectivity index (χ1v) is 6.27. The van der Waals surface area contributed by atoms with E-state index in [0.29, 0.717) is 17.9 Å². The fourth-order valence-electron chi connectivity index (χ4n) is 2.84. The fraction of sp³-hybridized carbons (Fsp3) is 0.583. The number of piperidine rings is 3. The Kier molecular flexibility index (Phi) is 2.87. The molecule has 96 valence electrons. The average molecular weight is 248 g/mol. The Balaban J connectivity index is 1.72. The van der Waals surface area contributed by atoms with Crippen molar-refractivity contribution in [2.75, 3.05) is 25.0 Å². The molecule has 2 N–H and O–H groups in total. The van der Waals surface area contributed by atoms with E-state index in [9.17, 15) is 4.79 Å². The minimum absolute atomic E-state index is 0.0359. The SMILES string of the molecule is O=C(O)c1ccnc(NC2CN3CCC2CC3)n1. The summed E-state index contributed by atoms with van der Waals surface area (Å²) in [4.78, 5) is 21.4. The molecular formula is C12H16N4O2. The van der Waals surface area contributed by atoms with E-state index in [2.05, 4.69) is 20.2 Å². The van der Waals surface area contributed by atoms with Crippen LogP contribution in [0.1, 0.15) is 23.3 Å². The van der Waals surface area contributed by atoms with Crippen LogP contribution in [0.15, 0.2) is 12.3 Å². The zero-order valence-corrected chi connectivity index (χ0v) is 10.0. The molecule has 0 saturated carbocycles. The van der Waals surface area contributed by atoms with Crippen molar-refractivity contribution in [1.82, 2.24) is 14.9 Å². The van der Waals surface area contributed by atoms with Crippen molar-refractivity contribution in [3.63, 3.8) is 0 Å². The second-order valence-electron chi connectivity index (χ2n) is 4.96. The summed E-state index contributed by atoms with van der Waals surface area (Å²) in [5.74, 6) is 0.0649. The number of anilines is 1. The summed E-state index contributed by atoms with van der Waals surface area (Å²) in [5.41, 5.74) is 0.0359. The number of carbonyl (C=O) groups is 1. The third-order valence-electron chi connectivity index (χ3n) is 3.85. The van der Waals surface area contributed by atoms with Crippen molar-refractivity contribution in [3.8, 4) is 0 Å². The Bertz CT molecular complexity index is 457. The van der Waals surface area contributed by atoms with E-state index in [-0.39, 0.29) is 5.69 Å². The summed E-state index contributed by atoms with van der Waals surface area (Å²) in [7, 11) is 0. The van der Waals surface area contributed by atoms with Gasteiger partial charge in [0.15, 0.2) is 5.69 Å². The van der Waals surface area contributed by atoms with Gasteiger partial charge in [-0.2, -0.15) is 0 Å². The maximum absolute atomic E-state index is 10.8. The van der Waals surface area contributed by atoms with E-state index in [0.717, 1.165) is 6.54 Å². The molecule has 0 aliphatic carbocycles. The van der Waals surface area contributed by atoms with Crippen LogP contribution in [0.2, 0.25) is 0 Å². The summed E-state index contributed by atoms with van der Waals surface area (Å²) in [6.07, 6.45) is 3.90. The topological polar surface area (TPSA) is 78.3 Å². The molecular weight excluding hydrogens is 232 g/mol. The third-order valence-corrected chi connectivity index (χ3v) is 3.85. The Morgan fingerprint density at radius 3 is 2.83 bits per heavy atom. The lowest BCUT2D eigenvalue weighted by atomic mass is 9.84. The molecule has 18 heavy (non-hydrogen) atoms. The standard InChI is InChI=1S/C12H16N4O2/c17-11(18)9-1-4-13-12(14-9)15-10-7-16-5-2-8(10)3-6-16/h1,4,8,10H,2-3,5-7H2,(H,17,18)(H,13,14,15). The Hall–Kier alpha value is -1.69. The molecule has 0 radical (unpaired) electrons. The summed E-state index contributed by atoms with van der Waals surface area (Å²) >= 11 is 0. The third kappa shape index (κ3) is 2.15. The molecule has 6 nitrogen and oxygen atoms in total. The number of carboxylic acid groups (broad SMARTS) is 1. The van der Waals surface area contributed by atoms with Crippen LogP contribution >= 0.6 is 0 Å².